The van der Waals surface area contributed by atoms with Crippen LogP contribution >= 0.6 is 0 Å². The molecule has 2 heteroatoms. The summed E-state index contributed by atoms with van der Waals surface area (Å²) >= 11 is 0. The van der Waals surface area contributed by atoms with Crippen molar-refractivity contribution in [2.24, 2.45) is 0 Å². The van der Waals surface area contributed by atoms with Gasteiger partial charge in [0, 0.05) is 5.56 Å². The average Bonchev–Trinajstić information content (AvgIpc) is 2.57. The van der Waals surface area contributed by atoms with Crippen LogP contribution in [0.25, 0.3) is 0 Å². The molecule has 0 N–H and O–H groups in total. The summed E-state index contributed by atoms with van der Waals surface area (Å²) in [6.45, 7) is 3.91. The van der Waals surface area contributed by atoms with Gasteiger partial charge in [-0.25, -0.2) is 0 Å². The third-order valence-corrected chi connectivity index (χ3v) is 3.22. The standard InChI is InChI=1S/C20H17O2/c1-16-12-14-17(15-13-16)20(21-18-8-4-2-5-9-18)22-19-10-6-3-7-11-19/h2-15,20H,1H2. The Kier molecular flexibility index (Phi) is 4.40. The van der Waals surface area contributed by atoms with Gasteiger partial charge in [-0.1, -0.05) is 60.7 Å². The third-order valence-electron chi connectivity index (χ3n) is 3.22. The molecule has 0 saturated carbocycles. The molecule has 0 bridgehead atoms. The van der Waals surface area contributed by atoms with Crippen LogP contribution in [0.15, 0.2) is 84.9 Å². The first-order chi connectivity index (χ1) is 10.8. The molecule has 3 aromatic carbocycles. The first kappa shape index (κ1) is 14.2. The summed E-state index contributed by atoms with van der Waals surface area (Å²) in [7, 11) is 0. The highest BCUT2D eigenvalue weighted by Crippen LogP contribution is 2.25. The molecule has 0 heterocycles. The maximum Gasteiger partial charge on any atom is 0.267 e. The van der Waals surface area contributed by atoms with E-state index in [4.69, 9.17) is 9.47 Å². The predicted molar refractivity (Wildman–Crippen MR) is 87.8 cm³/mol. The van der Waals surface area contributed by atoms with Gasteiger partial charge in [-0.05, 0) is 36.8 Å². The van der Waals surface area contributed by atoms with Crippen LogP contribution in [-0.2, 0) is 0 Å². The lowest BCUT2D eigenvalue weighted by Gasteiger charge is -2.21. The van der Waals surface area contributed by atoms with Crippen LogP contribution in [0.4, 0.5) is 0 Å². The fourth-order valence-electron chi connectivity index (χ4n) is 2.08. The smallest absolute Gasteiger partial charge is 0.267 e. The van der Waals surface area contributed by atoms with E-state index in [0.29, 0.717) is 0 Å². The van der Waals surface area contributed by atoms with Crippen LogP contribution in [0, 0.1) is 6.92 Å². The molecule has 0 aromatic heterocycles. The second-order valence-corrected chi connectivity index (χ2v) is 4.94. The number of rotatable bonds is 5. The molecule has 22 heavy (non-hydrogen) atoms. The fraction of sp³-hybridized carbons (Fsp3) is 0.0500. The number of benzene rings is 3. The molecular weight excluding hydrogens is 272 g/mol. The Bertz CT molecular complexity index is 649. The van der Waals surface area contributed by atoms with Gasteiger partial charge in [-0.15, -0.1) is 0 Å². The van der Waals surface area contributed by atoms with E-state index < -0.39 is 6.29 Å². The first-order valence-corrected chi connectivity index (χ1v) is 7.16. The molecule has 0 atom stereocenters. The highest BCUT2D eigenvalue weighted by atomic mass is 16.7. The zero-order valence-corrected chi connectivity index (χ0v) is 12.2. The molecule has 0 aliphatic heterocycles. The Morgan fingerprint density at radius 2 is 1.05 bits per heavy atom. The minimum absolute atomic E-state index is 0.509. The number of hydrogen-bond acceptors (Lipinski definition) is 2. The van der Waals surface area contributed by atoms with Crippen molar-refractivity contribution in [1.82, 2.24) is 0 Å². The zero-order chi connectivity index (χ0) is 15.2. The zero-order valence-electron chi connectivity index (χ0n) is 12.2. The van der Waals surface area contributed by atoms with Crippen LogP contribution in [0.2, 0.25) is 0 Å². The number of hydrogen-bond donors (Lipinski definition) is 0. The second-order valence-electron chi connectivity index (χ2n) is 4.94. The molecule has 0 amide bonds. The molecule has 3 aromatic rings. The summed E-state index contributed by atoms with van der Waals surface area (Å²) in [4.78, 5) is 0. The van der Waals surface area contributed by atoms with E-state index in [2.05, 4.69) is 6.92 Å². The molecule has 3 rings (SSSR count). The van der Waals surface area contributed by atoms with E-state index in [-0.39, 0.29) is 0 Å². The van der Waals surface area contributed by atoms with Crippen molar-refractivity contribution < 1.29 is 9.47 Å². The molecule has 0 fully saturated rings. The van der Waals surface area contributed by atoms with Crippen molar-refractivity contribution >= 4 is 0 Å². The van der Waals surface area contributed by atoms with E-state index >= 15 is 0 Å². The molecule has 0 aliphatic carbocycles. The number of para-hydroxylation sites is 2. The van der Waals surface area contributed by atoms with Crippen molar-refractivity contribution in [1.29, 1.82) is 0 Å². The Morgan fingerprint density at radius 1 is 0.591 bits per heavy atom. The summed E-state index contributed by atoms with van der Waals surface area (Å²) in [6.07, 6.45) is -0.509. The largest absolute Gasteiger partial charge is 0.451 e. The highest BCUT2D eigenvalue weighted by Gasteiger charge is 2.15. The third kappa shape index (κ3) is 3.67. The normalized spacial score (nSPS) is 10.5. The van der Waals surface area contributed by atoms with Gasteiger partial charge in [0.05, 0.1) is 0 Å². The monoisotopic (exact) mass is 289 g/mol. The van der Waals surface area contributed by atoms with E-state index in [1.54, 1.807) is 0 Å². The molecule has 1 radical (unpaired) electrons. The Hall–Kier alpha value is -2.74. The minimum Gasteiger partial charge on any atom is -0.451 e. The molecule has 2 nitrogen and oxygen atoms in total. The summed E-state index contributed by atoms with van der Waals surface area (Å²) in [5.74, 6) is 1.53. The molecular formula is C20H17O2. The lowest BCUT2D eigenvalue weighted by atomic mass is 10.1. The quantitative estimate of drug-likeness (QED) is 0.614. The molecule has 0 unspecified atom stereocenters. The van der Waals surface area contributed by atoms with Crippen LogP contribution < -0.4 is 9.47 Å². The highest BCUT2D eigenvalue weighted by molar-refractivity contribution is 5.29. The summed E-state index contributed by atoms with van der Waals surface area (Å²) in [5.41, 5.74) is 1.90. The Morgan fingerprint density at radius 3 is 1.50 bits per heavy atom. The van der Waals surface area contributed by atoms with Crippen molar-refractivity contribution in [3.8, 4) is 11.5 Å². The van der Waals surface area contributed by atoms with Crippen molar-refractivity contribution in [3.63, 3.8) is 0 Å². The summed E-state index contributed by atoms with van der Waals surface area (Å²) in [6, 6.07) is 27.2. The summed E-state index contributed by atoms with van der Waals surface area (Å²) < 4.78 is 12.0. The lowest BCUT2D eigenvalue weighted by Crippen LogP contribution is -2.15. The topological polar surface area (TPSA) is 18.5 Å². The predicted octanol–water partition coefficient (Wildman–Crippen LogP) is 5.03. The van der Waals surface area contributed by atoms with E-state index in [1.165, 1.54) is 0 Å². The van der Waals surface area contributed by atoms with Gasteiger partial charge in [0.1, 0.15) is 11.5 Å². The van der Waals surface area contributed by atoms with Gasteiger partial charge in [0.2, 0.25) is 0 Å². The Balaban J connectivity index is 1.86. The molecule has 109 valence electrons. The molecule has 0 spiro atoms. The van der Waals surface area contributed by atoms with Gasteiger partial charge < -0.3 is 9.47 Å². The maximum absolute atomic E-state index is 6.00. The van der Waals surface area contributed by atoms with Crippen molar-refractivity contribution in [3.05, 3.63) is 103 Å². The van der Waals surface area contributed by atoms with Crippen LogP contribution in [-0.4, -0.2) is 0 Å². The first-order valence-electron chi connectivity index (χ1n) is 7.16. The van der Waals surface area contributed by atoms with Crippen molar-refractivity contribution in [2.45, 2.75) is 6.29 Å². The van der Waals surface area contributed by atoms with Gasteiger partial charge in [-0.2, -0.15) is 0 Å². The average molecular weight is 289 g/mol. The van der Waals surface area contributed by atoms with Gasteiger partial charge in [0.25, 0.3) is 6.29 Å². The second kappa shape index (κ2) is 6.81. The fourth-order valence-corrected chi connectivity index (χ4v) is 2.08. The van der Waals surface area contributed by atoms with E-state index in [0.717, 1.165) is 22.6 Å². The van der Waals surface area contributed by atoms with Crippen LogP contribution in [0.1, 0.15) is 17.4 Å². The Labute approximate surface area is 131 Å². The SMILES string of the molecule is [CH2]c1ccc(C(Oc2ccccc2)Oc2ccccc2)cc1. The van der Waals surface area contributed by atoms with Gasteiger partial charge in [0.15, 0.2) is 0 Å². The molecule has 0 saturated heterocycles. The maximum atomic E-state index is 6.00. The van der Waals surface area contributed by atoms with E-state index in [1.807, 2.05) is 84.9 Å². The van der Waals surface area contributed by atoms with Crippen LogP contribution in [0.3, 0.4) is 0 Å². The van der Waals surface area contributed by atoms with Crippen molar-refractivity contribution in [2.75, 3.05) is 0 Å². The van der Waals surface area contributed by atoms with E-state index in [9.17, 15) is 0 Å². The lowest BCUT2D eigenvalue weighted by molar-refractivity contribution is 0.00382. The number of ether oxygens (including phenoxy) is 2. The van der Waals surface area contributed by atoms with Gasteiger partial charge in [-0.3, -0.25) is 0 Å². The minimum atomic E-state index is -0.509. The summed E-state index contributed by atoms with van der Waals surface area (Å²) in [5, 5.41) is 0. The van der Waals surface area contributed by atoms with Gasteiger partial charge >= 0.3 is 0 Å². The van der Waals surface area contributed by atoms with Crippen LogP contribution in [0.5, 0.6) is 11.5 Å². The molecule has 0 aliphatic rings.